The second-order valence-corrected chi connectivity index (χ2v) is 10.0. The van der Waals surface area contributed by atoms with Gasteiger partial charge in [0.1, 0.15) is 7.05 Å². The third kappa shape index (κ3) is 5.14. The van der Waals surface area contributed by atoms with E-state index in [9.17, 15) is 0 Å². The smallest absolute Gasteiger partial charge is 0.200 e. The lowest BCUT2D eigenvalue weighted by Gasteiger charge is -2.19. The van der Waals surface area contributed by atoms with Crippen molar-refractivity contribution in [2.45, 2.75) is 40.0 Å². The molecule has 0 atom stereocenters. The van der Waals surface area contributed by atoms with E-state index in [0.717, 1.165) is 0 Å². The van der Waals surface area contributed by atoms with E-state index in [0.29, 0.717) is 0 Å². The summed E-state index contributed by atoms with van der Waals surface area (Å²) in [7, 11) is 2.14. The van der Waals surface area contributed by atoms with E-state index < -0.39 is 0 Å². The van der Waals surface area contributed by atoms with Crippen molar-refractivity contribution in [1.29, 1.82) is 0 Å². The Morgan fingerprint density at radius 2 is 1.39 bits per heavy atom. The molecule has 0 saturated carbocycles. The van der Waals surface area contributed by atoms with Crippen LogP contribution in [0.3, 0.4) is 0 Å². The Morgan fingerprint density at radius 1 is 0.727 bits per heavy atom. The van der Waals surface area contributed by atoms with E-state index in [2.05, 4.69) is 143 Å². The van der Waals surface area contributed by atoms with Gasteiger partial charge in [-0.15, -0.1) is 0 Å². The maximum Gasteiger partial charge on any atom is 0.212 e. The lowest BCUT2D eigenvalue weighted by molar-refractivity contribution is -0.659. The quantitative estimate of drug-likeness (QED) is 0.288. The van der Waals surface area contributed by atoms with Crippen LogP contribution >= 0.6 is 0 Å². The van der Waals surface area contributed by atoms with Gasteiger partial charge in [0.2, 0.25) is 5.69 Å². The van der Waals surface area contributed by atoms with Gasteiger partial charge in [-0.05, 0) is 59.2 Å². The lowest BCUT2D eigenvalue weighted by atomic mass is 9.86. The molecule has 0 fully saturated rings. The Hall–Kier alpha value is -3.45. The van der Waals surface area contributed by atoms with E-state index >= 15 is 0 Å². The van der Waals surface area contributed by atoms with Gasteiger partial charge < -0.3 is 0 Å². The topological polar surface area (TPSA) is 3.88 Å². The molecule has 1 heteroatoms. The van der Waals surface area contributed by atoms with Gasteiger partial charge in [0, 0.05) is 11.6 Å². The van der Waals surface area contributed by atoms with Crippen molar-refractivity contribution >= 4 is 12.2 Å². The average molecular weight is 433 g/mol. The van der Waals surface area contributed by atoms with E-state index in [1.165, 1.54) is 50.2 Å². The second kappa shape index (κ2) is 9.19. The van der Waals surface area contributed by atoms with Crippen LogP contribution in [0.4, 0.5) is 0 Å². The summed E-state index contributed by atoms with van der Waals surface area (Å²) in [6.07, 6.45) is 6.73. The second-order valence-electron chi connectivity index (χ2n) is 10.0. The van der Waals surface area contributed by atoms with Crippen LogP contribution < -0.4 is 4.57 Å². The zero-order chi connectivity index (χ0) is 23.6. The molecule has 0 unspecified atom stereocenters. The standard InChI is InChI=1S/C32H34N/c1-23-11-13-25(14-12-23)15-16-27-21-31(26-17-19-28(20-18-26)32(3,4)5)33(6)22-30(27)29-10-8-7-9-24(29)2/h7-22H,1-6H3/q+1/b16-15+. The molecule has 4 rings (SSSR count). The normalized spacial score (nSPS) is 11.8. The van der Waals surface area contributed by atoms with Crippen LogP contribution in [-0.2, 0) is 12.5 Å². The van der Waals surface area contributed by atoms with Gasteiger partial charge in [-0.25, -0.2) is 4.57 Å². The molecule has 0 bridgehead atoms. The highest BCUT2D eigenvalue weighted by Crippen LogP contribution is 2.31. The van der Waals surface area contributed by atoms with Crippen molar-refractivity contribution in [2.24, 2.45) is 7.05 Å². The molecule has 33 heavy (non-hydrogen) atoms. The van der Waals surface area contributed by atoms with Gasteiger partial charge >= 0.3 is 0 Å². The first-order valence-corrected chi connectivity index (χ1v) is 11.7. The average Bonchev–Trinajstić information content (AvgIpc) is 2.79. The summed E-state index contributed by atoms with van der Waals surface area (Å²) in [6, 6.07) is 28.6. The molecule has 0 aliphatic rings. The molecule has 0 spiro atoms. The molecule has 0 aliphatic heterocycles. The van der Waals surface area contributed by atoms with Crippen molar-refractivity contribution in [3.63, 3.8) is 0 Å². The molecule has 1 aromatic heterocycles. The van der Waals surface area contributed by atoms with E-state index in [1.54, 1.807) is 0 Å². The maximum atomic E-state index is 2.32. The summed E-state index contributed by atoms with van der Waals surface area (Å²) in [5.41, 5.74) is 11.4. The fourth-order valence-electron chi connectivity index (χ4n) is 4.19. The third-order valence-electron chi connectivity index (χ3n) is 6.32. The predicted octanol–water partition coefficient (Wildman–Crippen LogP) is 7.93. The Labute approximate surface area is 199 Å². The molecule has 1 heterocycles. The number of benzene rings is 3. The van der Waals surface area contributed by atoms with E-state index in [-0.39, 0.29) is 5.41 Å². The Bertz CT molecular complexity index is 1280. The van der Waals surface area contributed by atoms with Crippen LogP contribution in [0.1, 0.15) is 48.6 Å². The van der Waals surface area contributed by atoms with Crippen molar-refractivity contribution in [3.8, 4) is 22.4 Å². The maximum absolute atomic E-state index is 2.32. The molecule has 0 radical (unpaired) electrons. The lowest BCUT2D eigenvalue weighted by Crippen LogP contribution is -2.31. The molecule has 3 aromatic carbocycles. The first kappa shape index (κ1) is 22.7. The van der Waals surface area contributed by atoms with Crippen LogP contribution in [-0.4, -0.2) is 0 Å². The Balaban J connectivity index is 1.84. The molecule has 166 valence electrons. The minimum Gasteiger partial charge on any atom is -0.200 e. The van der Waals surface area contributed by atoms with Gasteiger partial charge in [-0.1, -0.05) is 99.2 Å². The fraction of sp³-hybridized carbons (Fsp3) is 0.219. The van der Waals surface area contributed by atoms with Gasteiger partial charge in [0.05, 0.1) is 5.56 Å². The van der Waals surface area contributed by atoms with Crippen LogP contribution in [0.25, 0.3) is 34.5 Å². The van der Waals surface area contributed by atoms with E-state index in [4.69, 9.17) is 0 Å². The van der Waals surface area contributed by atoms with E-state index in [1.807, 2.05) is 0 Å². The zero-order valence-electron chi connectivity index (χ0n) is 20.7. The summed E-state index contributed by atoms with van der Waals surface area (Å²) in [5.74, 6) is 0. The van der Waals surface area contributed by atoms with Gasteiger partial charge in [-0.2, -0.15) is 0 Å². The summed E-state index contributed by atoms with van der Waals surface area (Å²) < 4.78 is 2.25. The molecule has 4 aromatic rings. The molecule has 1 nitrogen and oxygen atoms in total. The van der Waals surface area contributed by atoms with Gasteiger partial charge in [0.25, 0.3) is 0 Å². The predicted molar refractivity (Wildman–Crippen MR) is 142 cm³/mol. The molecular formula is C32H34N+. The highest BCUT2D eigenvalue weighted by atomic mass is 14.9. The fourth-order valence-corrected chi connectivity index (χ4v) is 4.19. The summed E-state index contributed by atoms with van der Waals surface area (Å²) in [4.78, 5) is 0. The summed E-state index contributed by atoms with van der Waals surface area (Å²) in [5, 5.41) is 0. The minimum atomic E-state index is 0.150. The van der Waals surface area contributed by atoms with Crippen molar-refractivity contribution in [2.75, 3.05) is 0 Å². The molecular weight excluding hydrogens is 398 g/mol. The third-order valence-corrected chi connectivity index (χ3v) is 6.32. The number of aromatic nitrogens is 1. The summed E-state index contributed by atoms with van der Waals surface area (Å²) >= 11 is 0. The van der Waals surface area contributed by atoms with Gasteiger partial charge in [-0.3, -0.25) is 0 Å². The summed E-state index contributed by atoms with van der Waals surface area (Å²) in [6.45, 7) is 11.1. The number of hydrogen-bond acceptors (Lipinski definition) is 0. The Kier molecular flexibility index (Phi) is 6.33. The first-order valence-electron chi connectivity index (χ1n) is 11.7. The van der Waals surface area contributed by atoms with Crippen LogP contribution in [0.15, 0.2) is 85.1 Å². The van der Waals surface area contributed by atoms with Crippen LogP contribution in [0.5, 0.6) is 0 Å². The molecule has 0 saturated heterocycles. The number of nitrogens with zero attached hydrogens (tertiary/aromatic N) is 1. The van der Waals surface area contributed by atoms with Gasteiger partial charge in [0.15, 0.2) is 6.20 Å². The van der Waals surface area contributed by atoms with Crippen molar-refractivity contribution in [1.82, 2.24) is 0 Å². The highest BCUT2D eigenvalue weighted by molar-refractivity contribution is 5.82. The first-order chi connectivity index (χ1) is 15.7. The van der Waals surface area contributed by atoms with Crippen LogP contribution in [0, 0.1) is 13.8 Å². The minimum absolute atomic E-state index is 0.150. The molecule has 0 amide bonds. The Morgan fingerprint density at radius 3 is 2.03 bits per heavy atom. The molecule has 0 N–H and O–H groups in total. The number of pyridine rings is 1. The SMILES string of the molecule is Cc1ccc(/C=C/c2cc(-c3ccc(C(C)(C)C)cc3)[n+](C)cc2-c2ccccc2C)cc1. The monoisotopic (exact) mass is 432 g/mol. The highest BCUT2D eigenvalue weighted by Gasteiger charge is 2.18. The van der Waals surface area contributed by atoms with Crippen molar-refractivity contribution < 1.29 is 4.57 Å². The van der Waals surface area contributed by atoms with Crippen molar-refractivity contribution in [3.05, 3.63) is 113 Å². The zero-order valence-corrected chi connectivity index (χ0v) is 20.7. The number of hydrogen-bond donors (Lipinski definition) is 0. The largest absolute Gasteiger partial charge is 0.212 e. The number of rotatable bonds is 4. The van der Waals surface area contributed by atoms with Crippen LogP contribution in [0.2, 0.25) is 0 Å². The number of aryl methyl sites for hydroxylation is 3. The molecule has 0 aliphatic carbocycles.